The van der Waals surface area contributed by atoms with Crippen LogP contribution in [0.15, 0.2) is 58.3 Å². The molecule has 1 unspecified atom stereocenters. The van der Waals surface area contributed by atoms with Gasteiger partial charge < -0.3 is 19.5 Å². The number of guanidine groups is 1. The molecule has 1 saturated heterocycles. The van der Waals surface area contributed by atoms with Crippen LogP contribution in [0.2, 0.25) is 0 Å². The van der Waals surface area contributed by atoms with E-state index >= 15 is 0 Å². The molecule has 28 heavy (non-hydrogen) atoms. The van der Waals surface area contributed by atoms with Gasteiger partial charge in [-0.3, -0.25) is 9.67 Å². The maximum absolute atomic E-state index is 5.91. The van der Waals surface area contributed by atoms with Gasteiger partial charge in [-0.15, -0.1) is 0 Å². The quantitative estimate of drug-likeness (QED) is 0.552. The smallest absolute Gasteiger partial charge is 0.194 e. The highest BCUT2D eigenvalue weighted by Crippen LogP contribution is 2.22. The highest BCUT2D eigenvalue weighted by Gasteiger charge is 2.25. The van der Waals surface area contributed by atoms with Gasteiger partial charge in [0.15, 0.2) is 11.7 Å². The molecule has 1 aliphatic rings. The summed E-state index contributed by atoms with van der Waals surface area (Å²) < 4.78 is 13.2. The Morgan fingerprint density at radius 2 is 2.18 bits per heavy atom. The molecule has 2 aromatic heterocycles. The standard InChI is InChI=1S/C20H24N6O2/c1-21-20(26-8-9-27-19(14-26)16-11-23-25(2)13-16)22-12-17-10-18(28-24-17)15-6-4-3-5-7-15/h3-7,10-11,13,19H,8-9,12,14H2,1-2H3,(H,21,22). The fourth-order valence-corrected chi connectivity index (χ4v) is 3.29. The minimum atomic E-state index is -0.0160. The predicted molar refractivity (Wildman–Crippen MR) is 106 cm³/mol. The van der Waals surface area contributed by atoms with Crippen LogP contribution in [0.1, 0.15) is 17.4 Å². The number of aromatic nitrogens is 3. The number of benzene rings is 1. The first-order valence-electron chi connectivity index (χ1n) is 9.29. The fourth-order valence-electron chi connectivity index (χ4n) is 3.29. The first kappa shape index (κ1) is 18.2. The number of aliphatic imine (C=N–C) groups is 1. The van der Waals surface area contributed by atoms with Crippen molar-refractivity contribution in [2.24, 2.45) is 12.0 Å². The average molecular weight is 380 g/mol. The lowest BCUT2D eigenvalue weighted by Crippen LogP contribution is -2.47. The second-order valence-electron chi connectivity index (χ2n) is 6.70. The SMILES string of the molecule is CN=C(NCc1cc(-c2ccccc2)on1)N1CCOC(c2cnn(C)c2)C1. The molecular weight excluding hydrogens is 356 g/mol. The zero-order valence-corrected chi connectivity index (χ0v) is 16.1. The van der Waals surface area contributed by atoms with Crippen molar-refractivity contribution in [2.75, 3.05) is 26.7 Å². The lowest BCUT2D eigenvalue weighted by Gasteiger charge is -2.34. The zero-order valence-electron chi connectivity index (χ0n) is 16.1. The van der Waals surface area contributed by atoms with E-state index in [-0.39, 0.29) is 6.10 Å². The number of nitrogens with zero attached hydrogens (tertiary/aromatic N) is 5. The van der Waals surface area contributed by atoms with Crippen molar-refractivity contribution < 1.29 is 9.26 Å². The Morgan fingerprint density at radius 1 is 1.32 bits per heavy atom. The van der Waals surface area contributed by atoms with E-state index in [0.717, 1.165) is 41.6 Å². The normalized spacial score (nSPS) is 17.7. The number of nitrogens with one attached hydrogen (secondary N) is 1. The molecule has 1 atom stereocenters. The van der Waals surface area contributed by atoms with E-state index in [0.29, 0.717) is 13.2 Å². The summed E-state index contributed by atoms with van der Waals surface area (Å²) in [6.07, 6.45) is 3.83. The number of hydrogen-bond donors (Lipinski definition) is 1. The summed E-state index contributed by atoms with van der Waals surface area (Å²) in [5, 5.41) is 11.8. The summed E-state index contributed by atoms with van der Waals surface area (Å²) in [5.41, 5.74) is 2.92. The van der Waals surface area contributed by atoms with E-state index in [1.54, 1.807) is 11.7 Å². The topological polar surface area (TPSA) is 80.7 Å². The highest BCUT2D eigenvalue weighted by atomic mass is 16.5. The van der Waals surface area contributed by atoms with Crippen LogP contribution in [0.25, 0.3) is 11.3 Å². The van der Waals surface area contributed by atoms with Crippen LogP contribution in [-0.2, 0) is 18.3 Å². The summed E-state index contributed by atoms with van der Waals surface area (Å²) in [5.74, 6) is 1.58. The van der Waals surface area contributed by atoms with Crippen molar-refractivity contribution in [1.29, 1.82) is 0 Å². The van der Waals surface area contributed by atoms with Crippen molar-refractivity contribution in [3.05, 3.63) is 60.0 Å². The van der Waals surface area contributed by atoms with Crippen molar-refractivity contribution in [1.82, 2.24) is 25.2 Å². The Hall–Kier alpha value is -3.13. The fraction of sp³-hybridized carbons (Fsp3) is 0.350. The Labute approximate surface area is 163 Å². The molecule has 3 aromatic rings. The van der Waals surface area contributed by atoms with Crippen LogP contribution in [0.3, 0.4) is 0 Å². The van der Waals surface area contributed by atoms with Crippen molar-refractivity contribution in [3.63, 3.8) is 0 Å². The molecule has 0 aliphatic carbocycles. The minimum Gasteiger partial charge on any atom is -0.370 e. The van der Waals surface area contributed by atoms with E-state index in [9.17, 15) is 0 Å². The maximum atomic E-state index is 5.91. The molecule has 1 aliphatic heterocycles. The molecule has 4 rings (SSSR count). The number of rotatable bonds is 4. The molecule has 0 bridgehead atoms. The summed E-state index contributed by atoms with van der Waals surface area (Å²) in [7, 11) is 3.70. The van der Waals surface area contributed by atoms with Crippen LogP contribution in [0, 0.1) is 0 Å². The van der Waals surface area contributed by atoms with Gasteiger partial charge in [0.2, 0.25) is 0 Å². The van der Waals surface area contributed by atoms with Gasteiger partial charge in [0.1, 0.15) is 11.8 Å². The lowest BCUT2D eigenvalue weighted by atomic mass is 10.1. The summed E-state index contributed by atoms with van der Waals surface area (Å²) in [6.45, 7) is 2.68. The summed E-state index contributed by atoms with van der Waals surface area (Å²) in [4.78, 5) is 6.62. The monoisotopic (exact) mass is 380 g/mol. The van der Waals surface area contributed by atoms with E-state index in [1.165, 1.54) is 0 Å². The van der Waals surface area contributed by atoms with Gasteiger partial charge >= 0.3 is 0 Å². The molecule has 1 N–H and O–H groups in total. The Balaban J connectivity index is 1.38. The largest absolute Gasteiger partial charge is 0.370 e. The number of ether oxygens (including phenoxy) is 1. The van der Waals surface area contributed by atoms with Gasteiger partial charge in [-0.25, -0.2) is 0 Å². The molecule has 0 radical (unpaired) electrons. The second kappa shape index (κ2) is 8.26. The Kier molecular flexibility index (Phi) is 5.38. The molecule has 0 spiro atoms. The highest BCUT2D eigenvalue weighted by molar-refractivity contribution is 5.80. The van der Waals surface area contributed by atoms with Gasteiger partial charge in [0, 0.05) is 44.0 Å². The van der Waals surface area contributed by atoms with E-state index in [4.69, 9.17) is 9.26 Å². The zero-order chi connectivity index (χ0) is 19.3. The molecular formula is C20H24N6O2. The van der Waals surface area contributed by atoms with Gasteiger partial charge in [0.05, 0.1) is 25.9 Å². The van der Waals surface area contributed by atoms with E-state index in [1.807, 2.05) is 55.8 Å². The molecule has 146 valence electrons. The van der Waals surface area contributed by atoms with E-state index < -0.39 is 0 Å². The van der Waals surface area contributed by atoms with Crippen molar-refractivity contribution in [2.45, 2.75) is 12.6 Å². The molecule has 8 heteroatoms. The van der Waals surface area contributed by atoms with Crippen molar-refractivity contribution in [3.8, 4) is 11.3 Å². The van der Waals surface area contributed by atoms with Gasteiger partial charge in [-0.1, -0.05) is 35.5 Å². The molecule has 0 amide bonds. The van der Waals surface area contributed by atoms with Crippen molar-refractivity contribution >= 4 is 5.96 Å². The molecule has 0 saturated carbocycles. The first-order chi connectivity index (χ1) is 13.7. The molecule has 1 fully saturated rings. The third-order valence-electron chi connectivity index (χ3n) is 4.72. The average Bonchev–Trinajstić information content (AvgIpc) is 3.39. The molecule has 1 aromatic carbocycles. The third-order valence-corrected chi connectivity index (χ3v) is 4.72. The molecule has 3 heterocycles. The van der Waals surface area contributed by atoms with Crippen LogP contribution in [0.5, 0.6) is 0 Å². The number of morpholine rings is 1. The number of hydrogen-bond acceptors (Lipinski definition) is 5. The van der Waals surface area contributed by atoms with E-state index in [2.05, 4.69) is 25.5 Å². The molecule has 8 nitrogen and oxygen atoms in total. The predicted octanol–water partition coefficient (Wildman–Crippen LogP) is 2.22. The van der Waals surface area contributed by atoms with Crippen LogP contribution in [-0.4, -0.2) is 52.5 Å². The summed E-state index contributed by atoms with van der Waals surface area (Å²) in [6, 6.07) is 11.9. The lowest BCUT2D eigenvalue weighted by molar-refractivity contribution is -0.00806. The minimum absolute atomic E-state index is 0.0160. The third kappa shape index (κ3) is 4.07. The van der Waals surface area contributed by atoms with Gasteiger partial charge in [-0.05, 0) is 0 Å². The number of aryl methyl sites for hydroxylation is 1. The Bertz CT molecular complexity index is 933. The van der Waals surface area contributed by atoms with Crippen LogP contribution >= 0.6 is 0 Å². The van der Waals surface area contributed by atoms with Gasteiger partial charge in [0.25, 0.3) is 0 Å². The summed E-state index contributed by atoms with van der Waals surface area (Å²) >= 11 is 0. The van der Waals surface area contributed by atoms with Gasteiger partial charge in [-0.2, -0.15) is 5.10 Å². The Morgan fingerprint density at radius 3 is 2.93 bits per heavy atom. The maximum Gasteiger partial charge on any atom is 0.194 e. The van der Waals surface area contributed by atoms with Crippen LogP contribution in [0.4, 0.5) is 0 Å². The van der Waals surface area contributed by atoms with Crippen LogP contribution < -0.4 is 5.32 Å². The first-order valence-corrected chi connectivity index (χ1v) is 9.29. The second-order valence-corrected chi connectivity index (χ2v) is 6.70.